The van der Waals surface area contributed by atoms with Crippen molar-refractivity contribution in [1.29, 1.82) is 5.26 Å². The van der Waals surface area contributed by atoms with Gasteiger partial charge in [0.05, 0.1) is 22.8 Å². The number of fused-ring (bicyclic) bond motifs is 1. The average molecular weight is 363 g/mol. The van der Waals surface area contributed by atoms with Crippen LogP contribution in [0.25, 0.3) is 22.4 Å². The Kier molecular flexibility index (Phi) is 4.66. The van der Waals surface area contributed by atoms with E-state index in [1.54, 1.807) is 22.2 Å². The van der Waals surface area contributed by atoms with E-state index in [9.17, 15) is 10.1 Å². The number of aromatic nitrogens is 3. The van der Waals surface area contributed by atoms with E-state index < -0.39 is 0 Å². The van der Waals surface area contributed by atoms with Gasteiger partial charge in [-0.15, -0.1) is 0 Å². The van der Waals surface area contributed by atoms with Crippen LogP contribution in [0.15, 0.2) is 35.1 Å². The standard InChI is InChI=1S/C21H25N5O/c1-13(23)14-6-7-15(11-22)16(10-14)17-8-9-18-19(24-17)25(5)20(27)26(18)12-21(2,3)4/h6-10,13H,12,23H2,1-5H3. The van der Waals surface area contributed by atoms with Crippen molar-refractivity contribution in [3.05, 3.63) is 51.9 Å². The molecule has 1 aromatic carbocycles. The summed E-state index contributed by atoms with van der Waals surface area (Å²) in [4.78, 5) is 17.4. The zero-order valence-corrected chi connectivity index (χ0v) is 16.4. The normalized spacial score (nSPS) is 12.9. The van der Waals surface area contributed by atoms with Crippen LogP contribution < -0.4 is 11.4 Å². The first-order valence-electron chi connectivity index (χ1n) is 8.98. The number of nitrogens with zero attached hydrogens (tertiary/aromatic N) is 4. The Balaban J connectivity index is 2.22. The molecule has 3 aromatic rings. The number of hydrogen-bond donors (Lipinski definition) is 1. The lowest BCUT2D eigenvalue weighted by atomic mass is 9.97. The summed E-state index contributed by atoms with van der Waals surface area (Å²) >= 11 is 0. The fourth-order valence-corrected chi connectivity index (χ4v) is 3.20. The molecule has 6 nitrogen and oxygen atoms in total. The summed E-state index contributed by atoms with van der Waals surface area (Å²) in [5.41, 5.74) is 10.1. The third kappa shape index (κ3) is 3.51. The van der Waals surface area contributed by atoms with Crippen molar-refractivity contribution in [2.75, 3.05) is 0 Å². The Morgan fingerprint density at radius 2 is 1.96 bits per heavy atom. The first kappa shape index (κ1) is 18.9. The zero-order valence-electron chi connectivity index (χ0n) is 16.4. The molecule has 2 heterocycles. The second-order valence-electron chi connectivity index (χ2n) is 8.23. The number of nitrogens with two attached hydrogens (primary N) is 1. The SMILES string of the molecule is CC(N)c1ccc(C#N)c(-c2ccc3c(n2)n(C)c(=O)n3CC(C)(C)C)c1. The molecule has 0 bridgehead atoms. The molecule has 2 N–H and O–H groups in total. The first-order chi connectivity index (χ1) is 12.6. The largest absolute Gasteiger partial charge is 0.330 e. The third-order valence-electron chi connectivity index (χ3n) is 4.58. The van der Waals surface area contributed by atoms with E-state index >= 15 is 0 Å². The van der Waals surface area contributed by atoms with E-state index in [1.807, 2.05) is 31.2 Å². The lowest BCUT2D eigenvalue weighted by molar-refractivity contribution is 0.342. The minimum Gasteiger partial charge on any atom is -0.324 e. The molecule has 0 radical (unpaired) electrons. The minimum atomic E-state index is -0.141. The maximum Gasteiger partial charge on any atom is 0.330 e. The summed E-state index contributed by atoms with van der Waals surface area (Å²) in [6.07, 6.45) is 0. The molecule has 0 amide bonds. The van der Waals surface area contributed by atoms with Crippen molar-refractivity contribution in [3.63, 3.8) is 0 Å². The first-order valence-corrected chi connectivity index (χ1v) is 8.98. The fourth-order valence-electron chi connectivity index (χ4n) is 3.20. The predicted molar refractivity (Wildman–Crippen MR) is 107 cm³/mol. The van der Waals surface area contributed by atoms with Crippen LogP contribution in [0.1, 0.15) is 44.9 Å². The summed E-state index contributed by atoms with van der Waals surface area (Å²) in [5, 5.41) is 9.48. The van der Waals surface area contributed by atoms with Crippen molar-refractivity contribution >= 4 is 11.2 Å². The van der Waals surface area contributed by atoms with Gasteiger partial charge in [0.1, 0.15) is 0 Å². The van der Waals surface area contributed by atoms with Crippen LogP contribution in [0, 0.1) is 16.7 Å². The molecular formula is C21H25N5O. The lowest BCUT2D eigenvalue weighted by Gasteiger charge is -2.18. The number of nitriles is 1. The minimum absolute atomic E-state index is 0.0314. The number of aryl methyl sites for hydroxylation is 1. The maximum atomic E-state index is 12.7. The van der Waals surface area contributed by atoms with Gasteiger partial charge < -0.3 is 5.73 Å². The number of pyridine rings is 1. The fraction of sp³-hybridized carbons (Fsp3) is 0.381. The maximum absolute atomic E-state index is 12.7. The van der Waals surface area contributed by atoms with Crippen LogP contribution in [0.2, 0.25) is 0 Å². The van der Waals surface area contributed by atoms with Crippen LogP contribution in [0.5, 0.6) is 0 Å². The third-order valence-corrected chi connectivity index (χ3v) is 4.58. The van der Waals surface area contributed by atoms with Gasteiger partial charge in [-0.25, -0.2) is 9.78 Å². The molecule has 0 aliphatic rings. The lowest BCUT2D eigenvalue weighted by Crippen LogP contribution is -2.27. The number of rotatable bonds is 3. The highest BCUT2D eigenvalue weighted by Crippen LogP contribution is 2.27. The van der Waals surface area contributed by atoms with Gasteiger partial charge in [-0.2, -0.15) is 5.26 Å². The number of hydrogen-bond acceptors (Lipinski definition) is 4. The smallest absolute Gasteiger partial charge is 0.324 e. The molecule has 140 valence electrons. The molecule has 1 unspecified atom stereocenters. The molecule has 0 aliphatic carbocycles. The molecular weight excluding hydrogens is 338 g/mol. The van der Waals surface area contributed by atoms with Gasteiger partial charge >= 0.3 is 5.69 Å². The highest BCUT2D eigenvalue weighted by atomic mass is 16.1. The monoisotopic (exact) mass is 363 g/mol. The summed E-state index contributed by atoms with van der Waals surface area (Å²) in [7, 11) is 1.73. The summed E-state index contributed by atoms with van der Waals surface area (Å²) in [6.45, 7) is 8.79. The van der Waals surface area contributed by atoms with E-state index in [-0.39, 0.29) is 17.1 Å². The van der Waals surface area contributed by atoms with Gasteiger partial charge in [-0.3, -0.25) is 9.13 Å². The second-order valence-corrected chi connectivity index (χ2v) is 8.23. The van der Waals surface area contributed by atoms with Crippen molar-refractivity contribution in [2.24, 2.45) is 18.2 Å². The molecule has 1 atom stereocenters. The average Bonchev–Trinajstić information content (AvgIpc) is 2.84. The van der Waals surface area contributed by atoms with Gasteiger partial charge in [0.25, 0.3) is 0 Å². The Morgan fingerprint density at radius 1 is 1.26 bits per heavy atom. The summed E-state index contributed by atoms with van der Waals surface area (Å²) in [5.74, 6) is 0. The van der Waals surface area contributed by atoms with Crippen molar-refractivity contribution in [3.8, 4) is 17.3 Å². The Bertz CT molecular complexity index is 1110. The van der Waals surface area contributed by atoms with Crippen molar-refractivity contribution < 1.29 is 0 Å². The van der Waals surface area contributed by atoms with Gasteiger partial charge in [-0.1, -0.05) is 26.8 Å². The van der Waals surface area contributed by atoms with Gasteiger partial charge in [0.15, 0.2) is 5.65 Å². The summed E-state index contributed by atoms with van der Waals surface area (Å²) in [6, 6.07) is 11.4. The molecule has 0 spiro atoms. The molecule has 0 saturated carbocycles. The molecule has 0 saturated heterocycles. The molecule has 0 fully saturated rings. The molecule has 6 heteroatoms. The van der Waals surface area contributed by atoms with Crippen molar-refractivity contribution in [2.45, 2.75) is 40.3 Å². The predicted octanol–water partition coefficient (Wildman–Crippen LogP) is 3.34. The van der Waals surface area contributed by atoms with E-state index in [0.29, 0.717) is 23.4 Å². The van der Waals surface area contributed by atoms with E-state index in [4.69, 9.17) is 10.7 Å². The van der Waals surface area contributed by atoms with Crippen molar-refractivity contribution in [1.82, 2.24) is 14.1 Å². The zero-order chi connectivity index (χ0) is 19.9. The summed E-state index contributed by atoms with van der Waals surface area (Å²) < 4.78 is 3.32. The highest BCUT2D eigenvalue weighted by Gasteiger charge is 2.19. The van der Waals surface area contributed by atoms with E-state index in [0.717, 1.165) is 16.6 Å². The van der Waals surface area contributed by atoms with Gasteiger partial charge in [0, 0.05) is 25.2 Å². The molecule has 3 rings (SSSR count). The van der Waals surface area contributed by atoms with Crippen LogP contribution in [-0.2, 0) is 13.6 Å². The second kappa shape index (κ2) is 6.67. The quantitative estimate of drug-likeness (QED) is 0.773. The topological polar surface area (TPSA) is 89.6 Å². The van der Waals surface area contributed by atoms with Gasteiger partial charge in [0.2, 0.25) is 0 Å². The molecule has 2 aromatic heterocycles. The Labute approximate surface area is 158 Å². The Morgan fingerprint density at radius 3 is 2.56 bits per heavy atom. The van der Waals surface area contributed by atoms with Crippen LogP contribution in [-0.4, -0.2) is 14.1 Å². The highest BCUT2D eigenvalue weighted by molar-refractivity contribution is 5.78. The number of imidazole rings is 1. The number of benzene rings is 1. The van der Waals surface area contributed by atoms with Crippen LogP contribution in [0.3, 0.4) is 0 Å². The van der Waals surface area contributed by atoms with Crippen LogP contribution >= 0.6 is 0 Å². The van der Waals surface area contributed by atoms with Gasteiger partial charge in [-0.05, 0) is 42.2 Å². The van der Waals surface area contributed by atoms with Crippen LogP contribution in [0.4, 0.5) is 0 Å². The van der Waals surface area contributed by atoms with E-state index in [2.05, 4.69) is 26.8 Å². The Hall–Kier alpha value is -2.91. The van der Waals surface area contributed by atoms with E-state index in [1.165, 1.54) is 0 Å². The molecule has 27 heavy (non-hydrogen) atoms. The molecule has 0 aliphatic heterocycles.